The lowest BCUT2D eigenvalue weighted by Crippen LogP contribution is -2.16. The number of nitrogens with two attached hydrogens (primary N) is 1. The van der Waals surface area contributed by atoms with E-state index in [2.05, 4.69) is 61.5 Å². The first kappa shape index (κ1) is 14.5. The van der Waals surface area contributed by atoms with Gasteiger partial charge in [0.05, 0.1) is 0 Å². The fourth-order valence-corrected chi connectivity index (χ4v) is 4.08. The first-order chi connectivity index (χ1) is 11.2. The van der Waals surface area contributed by atoms with E-state index < -0.39 is 0 Å². The zero-order valence-corrected chi connectivity index (χ0v) is 13.7. The first-order valence-electron chi connectivity index (χ1n) is 8.57. The summed E-state index contributed by atoms with van der Waals surface area (Å²) >= 11 is 0. The van der Waals surface area contributed by atoms with E-state index in [1.807, 2.05) is 0 Å². The van der Waals surface area contributed by atoms with Gasteiger partial charge in [0.15, 0.2) is 0 Å². The van der Waals surface area contributed by atoms with E-state index >= 15 is 0 Å². The van der Waals surface area contributed by atoms with E-state index in [1.54, 1.807) is 5.56 Å². The smallest absolute Gasteiger partial charge is 0.0338 e. The Bertz CT molecular complexity index is 858. The lowest BCUT2D eigenvalue weighted by Gasteiger charge is -2.18. The lowest BCUT2D eigenvalue weighted by molar-refractivity contribution is 0.715. The van der Waals surface area contributed by atoms with Crippen molar-refractivity contribution in [2.24, 2.45) is 5.73 Å². The predicted octanol–water partition coefficient (Wildman–Crippen LogP) is 4.88. The van der Waals surface area contributed by atoms with Crippen molar-refractivity contribution in [1.82, 2.24) is 0 Å². The third kappa shape index (κ3) is 2.55. The summed E-state index contributed by atoms with van der Waals surface area (Å²) in [6.07, 6.45) is 4.58. The van der Waals surface area contributed by atoms with Crippen molar-refractivity contribution in [2.75, 3.05) is 0 Å². The number of rotatable bonds is 3. The van der Waals surface area contributed by atoms with E-state index in [-0.39, 0.29) is 6.04 Å². The molecular formula is C22H23N. The Hall–Kier alpha value is -2.12. The molecule has 1 unspecified atom stereocenters. The van der Waals surface area contributed by atoms with Crippen molar-refractivity contribution < 1.29 is 0 Å². The summed E-state index contributed by atoms with van der Waals surface area (Å²) in [7, 11) is 0. The molecule has 1 heteroatoms. The quantitative estimate of drug-likeness (QED) is 0.733. The van der Waals surface area contributed by atoms with Crippen LogP contribution in [0.15, 0.2) is 54.6 Å². The molecule has 3 aromatic carbocycles. The fourth-order valence-electron chi connectivity index (χ4n) is 4.08. The Morgan fingerprint density at radius 1 is 0.913 bits per heavy atom. The van der Waals surface area contributed by atoms with Crippen LogP contribution in [0.1, 0.15) is 40.3 Å². The maximum Gasteiger partial charge on any atom is 0.0338 e. The fraction of sp³-hybridized carbons (Fsp3) is 0.273. The Kier molecular flexibility index (Phi) is 3.66. The van der Waals surface area contributed by atoms with E-state index in [0.717, 1.165) is 6.42 Å². The molecule has 116 valence electrons. The molecule has 0 spiro atoms. The molecule has 1 aliphatic rings. The Morgan fingerprint density at radius 3 is 2.61 bits per heavy atom. The molecule has 1 nitrogen and oxygen atoms in total. The summed E-state index contributed by atoms with van der Waals surface area (Å²) in [5.74, 6) is 0. The first-order valence-corrected chi connectivity index (χ1v) is 8.57. The van der Waals surface area contributed by atoms with E-state index in [1.165, 1.54) is 52.3 Å². The Morgan fingerprint density at radius 2 is 1.70 bits per heavy atom. The second-order valence-electron chi connectivity index (χ2n) is 6.73. The minimum Gasteiger partial charge on any atom is -0.324 e. The van der Waals surface area contributed by atoms with Crippen LogP contribution in [0.3, 0.4) is 0 Å². The van der Waals surface area contributed by atoms with Gasteiger partial charge in [-0.05, 0) is 71.2 Å². The van der Waals surface area contributed by atoms with Crippen LogP contribution in [0, 0.1) is 6.92 Å². The molecule has 4 rings (SSSR count). The predicted molar refractivity (Wildman–Crippen MR) is 97.8 cm³/mol. The molecule has 0 bridgehead atoms. The molecule has 23 heavy (non-hydrogen) atoms. The van der Waals surface area contributed by atoms with Crippen LogP contribution in [0.4, 0.5) is 0 Å². The van der Waals surface area contributed by atoms with Gasteiger partial charge in [-0.15, -0.1) is 0 Å². The summed E-state index contributed by atoms with van der Waals surface area (Å²) in [6, 6.07) is 19.7. The normalized spacial score (nSPS) is 14.9. The average Bonchev–Trinajstić information content (AvgIpc) is 3.06. The molecule has 3 aromatic rings. The molecule has 0 heterocycles. The maximum absolute atomic E-state index is 6.64. The van der Waals surface area contributed by atoms with Crippen molar-refractivity contribution in [1.29, 1.82) is 0 Å². The highest BCUT2D eigenvalue weighted by Gasteiger charge is 2.20. The number of fused-ring (bicyclic) bond motifs is 2. The van der Waals surface area contributed by atoms with Gasteiger partial charge in [-0.1, -0.05) is 54.6 Å². The van der Waals surface area contributed by atoms with Crippen molar-refractivity contribution in [3.05, 3.63) is 82.4 Å². The maximum atomic E-state index is 6.64. The molecule has 1 aliphatic carbocycles. The van der Waals surface area contributed by atoms with Gasteiger partial charge in [-0.2, -0.15) is 0 Å². The van der Waals surface area contributed by atoms with Crippen LogP contribution in [0.2, 0.25) is 0 Å². The zero-order chi connectivity index (χ0) is 15.8. The van der Waals surface area contributed by atoms with Gasteiger partial charge in [-0.25, -0.2) is 0 Å². The summed E-state index contributed by atoms with van der Waals surface area (Å²) in [4.78, 5) is 0. The molecule has 0 aromatic heterocycles. The van der Waals surface area contributed by atoms with Gasteiger partial charge >= 0.3 is 0 Å². The molecule has 2 N–H and O–H groups in total. The molecule has 0 saturated heterocycles. The number of hydrogen-bond acceptors (Lipinski definition) is 1. The summed E-state index contributed by atoms with van der Waals surface area (Å²) < 4.78 is 0. The van der Waals surface area contributed by atoms with Crippen LogP contribution in [-0.2, 0) is 19.3 Å². The van der Waals surface area contributed by atoms with Crippen LogP contribution < -0.4 is 5.73 Å². The molecule has 0 aliphatic heterocycles. The minimum absolute atomic E-state index is 0.0771. The van der Waals surface area contributed by atoms with Crippen molar-refractivity contribution in [3.63, 3.8) is 0 Å². The average molecular weight is 301 g/mol. The SMILES string of the molecule is Cc1ccc(C(N)Cc2cccc3ccccc23)c2c1CCC2. The van der Waals surface area contributed by atoms with Gasteiger partial charge in [0, 0.05) is 6.04 Å². The van der Waals surface area contributed by atoms with Crippen LogP contribution >= 0.6 is 0 Å². The van der Waals surface area contributed by atoms with Gasteiger partial charge in [0.25, 0.3) is 0 Å². The molecule has 0 saturated carbocycles. The lowest BCUT2D eigenvalue weighted by atomic mass is 9.90. The largest absolute Gasteiger partial charge is 0.324 e. The molecular weight excluding hydrogens is 278 g/mol. The topological polar surface area (TPSA) is 26.0 Å². The third-order valence-corrected chi connectivity index (χ3v) is 5.27. The molecule has 0 radical (unpaired) electrons. The zero-order valence-electron chi connectivity index (χ0n) is 13.7. The number of aryl methyl sites for hydroxylation is 1. The number of hydrogen-bond donors (Lipinski definition) is 1. The Labute approximate surface area is 138 Å². The highest BCUT2D eigenvalue weighted by atomic mass is 14.6. The second-order valence-corrected chi connectivity index (χ2v) is 6.73. The highest BCUT2D eigenvalue weighted by molar-refractivity contribution is 5.85. The van der Waals surface area contributed by atoms with Crippen molar-refractivity contribution in [2.45, 2.75) is 38.6 Å². The molecule has 1 atom stereocenters. The van der Waals surface area contributed by atoms with E-state index in [4.69, 9.17) is 5.73 Å². The molecule has 0 amide bonds. The highest BCUT2D eigenvalue weighted by Crippen LogP contribution is 2.32. The van der Waals surface area contributed by atoms with Crippen LogP contribution in [0.5, 0.6) is 0 Å². The van der Waals surface area contributed by atoms with Crippen LogP contribution in [0.25, 0.3) is 10.8 Å². The molecule has 0 fully saturated rings. The summed E-state index contributed by atoms with van der Waals surface area (Å²) in [5, 5.41) is 2.63. The van der Waals surface area contributed by atoms with Gasteiger partial charge in [0.1, 0.15) is 0 Å². The summed E-state index contributed by atoms with van der Waals surface area (Å²) in [5.41, 5.74) is 13.9. The Balaban J connectivity index is 1.71. The van der Waals surface area contributed by atoms with Gasteiger partial charge in [-0.3, -0.25) is 0 Å². The van der Waals surface area contributed by atoms with Crippen LogP contribution in [-0.4, -0.2) is 0 Å². The van der Waals surface area contributed by atoms with Crippen molar-refractivity contribution >= 4 is 10.8 Å². The standard InChI is InChI=1S/C22H23N/c1-15-12-13-21(20-11-5-10-18(15)20)22(23)14-17-8-4-7-16-6-2-3-9-19(16)17/h2-4,6-9,12-13,22H,5,10-11,14,23H2,1H3. The monoisotopic (exact) mass is 301 g/mol. The van der Waals surface area contributed by atoms with Crippen molar-refractivity contribution in [3.8, 4) is 0 Å². The second kappa shape index (κ2) is 5.82. The van der Waals surface area contributed by atoms with E-state index in [0.29, 0.717) is 0 Å². The van der Waals surface area contributed by atoms with E-state index in [9.17, 15) is 0 Å². The third-order valence-electron chi connectivity index (χ3n) is 5.27. The minimum atomic E-state index is 0.0771. The number of benzene rings is 3. The van der Waals surface area contributed by atoms with Gasteiger partial charge < -0.3 is 5.73 Å². The van der Waals surface area contributed by atoms with Gasteiger partial charge in [0.2, 0.25) is 0 Å². The summed E-state index contributed by atoms with van der Waals surface area (Å²) in [6.45, 7) is 2.23.